The Bertz CT molecular complexity index is 1000. The van der Waals surface area contributed by atoms with Gasteiger partial charge in [0, 0.05) is 41.8 Å². The van der Waals surface area contributed by atoms with Gasteiger partial charge in [-0.25, -0.2) is 0 Å². The monoisotopic (exact) mass is 395 g/mol. The third-order valence-corrected chi connectivity index (χ3v) is 7.35. The minimum Gasteiger partial charge on any atom is -0.379 e. The van der Waals surface area contributed by atoms with Gasteiger partial charge in [0.05, 0.1) is 13.2 Å². The highest BCUT2D eigenvalue weighted by molar-refractivity contribution is 7.99. The Kier molecular flexibility index (Phi) is 4.78. The van der Waals surface area contributed by atoms with Gasteiger partial charge in [0.25, 0.3) is 5.91 Å². The second kappa shape index (κ2) is 7.43. The van der Waals surface area contributed by atoms with Gasteiger partial charge >= 0.3 is 0 Å². The van der Waals surface area contributed by atoms with Crippen molar-refractivity contribution in [2.45, 2.75) is 12.0 Å². The minimum absolute atomic E-state index is 0.0233. The smallest absolute Gasteiger partial charge is 0.267 e. The molecule has 146 valence electrons. The lowest BCUT2D eigenvalue weighted by Crippen LogP contribution is -2.59. The first-order valence-electron chi connectivity index (χ1n) is 9.94. The number of morpholine rings is 1. The molecule has 5 rings (SSSR count). The number of nitrogens with zero attached hydrogens (tertiary/aromatic N) is 1. The molecular weight excluding hydrogens is 370 g/mol. The van der Waals surface area contributed by atoms with Crippen LogP contribution in [-0.2, 0) is 4.74 Å². The number of nitrogens with one attached hydrogen (secondary N) is 2. The average molecular weight is 396 g/mol. The number of hydrogen-bond donors (Lipinski definition) is 2. The number of carbonyl (C=O) groups excluding carboxylic acids is 1. The Hall–Kier alpha value is -2.02. The fourth-order valence-corrected chi connectivity index (χ4v) is 5.96. The van der Waals surface area contributed by atoms with Crippen LogP contribution in [0.4, 0.5) is 0 Å². The fourth-order valence-electron chi connectivity index (χ4n) is 4.48. The van der Waals surface area contributed by atoms with Crippen LogP contribution < -0.4 is 5.32 Å². The lowest BCUT2D eigenvalue weighted by molar-refractivity contribution is -0.0129. The summed E-state index contributed by atoms with van der Waals surface area (Å²) >= 11 is 1.99. The highest BCUT2D eigenvalue weighted by atomic mass is 32.2. The molecule has 6 heteroatoms. The van der Waals surface area contributed by atoms with E-state index in [0.29, 0.717) is 12.2 Å². The molecule has 2 N–H and O–H groups in total. The lowest BCUT2D eigenvalue weighted by Gasteiger charge is -2.43. The molecule has 2 aromatic carbocycles. The second-order valence-corrected chi connectivity index (χ2v) is 8.85. The number of thioether (sulfide) groups is 1. The number of aromatic nitrogens is 1. The molecule has 1 unspecified atom stereocenters. The van der Waals surface area contributed by atoms with E-state index in [-0.39, 0.29) is 11.4 Å². The molecule has 3 aromatic rings. The summed E-state index contributed by atoms with van der Waals surface area (Å²) in [5, 5.41) is 6.69. The molecule has 28 heavy (non-hydrogen) atoms. The number of carbonyl (C=O) groups is 1. The predicted molar refractivity (Wildman–Crippen MR) is 115 cm³/mol. The quantitative estimate of drug-likeness (QED) is 0.712. The summed E-state index contributed by atoms with van der Waals surface area (Å²) in [6, 6.07) is 14.4. The van der Waals surface area contributed by atoms with Gasteiger partial charge in [-0.05, 0) is 35.1 Å². The Morgan fingerprint density at radius 1 is 1.18 bits per heavy atom. The Labute approximate surface area is 168 Å². The van der Waals surface area contributed by atoms with Crippen LogP contribution in [0, 0.1) is 0 Å². The Morgan fingerprint density at radius 3 is 2.86 bits per heavy atom. The molecule has 0 radical (unpaired) electrons. The largest absolute Gasteiger partial charge is 0.379 e. The van der Waals surface area contributed by atoms with Gasteiger partial charge in [0.1, 0.15) is 5.69 Å². The normalized spacial score (nSPS) is 23.4. The minimum atomic E-state index is -0.0233. The van der Waals surface area contributed by atoms with Crippen molar-refractivity contribution in [3.63, 3.8) is 0 Å². The first kappa shape index (κ1) is 18.0. The van der Waals surface area contributed by atoms with Crippen molar-refractivity contribution in [1.29, 1.82) is 0 Å². The first-order chi connectivity index (χ1) is 13.8. The van der Waals surface area contributed by atoms with Crippen LogP contribution in [0.15, 0.2) is 42.5 Å². The fraction of sp³-hybridized carbons (Fsp3) is 0.409. The second-order valence-electron chi connectivity index (χ2n) is 7.74. The van der Waals surface area contributed by atoms with Crippen molar-refractivity contribution in [3.05, 3.63) is 48.2 Å². The van der Waals surface area contributed by atoms with Crippen LogP contribution in [0.3, 0.4) is 0 Å². The van der Waals surface area contributed by atoms with Gasteiger partial charge in [0.2, 0.25) is 0 Å². The van der Waals surface area contributed by atoms with Crippen LogP contribution in [0.5, 0.6) is 0 Å². The molecule has 2 saturated heterocycles. The number of ether oxygens (including phenoxy) is 1. The van der Waals surface area contributed by atoms with Gasteiger partial charge in [-0.1, -0.05) is 30.3 Å². The lowest BCUT2D eigenvalue weighted by atomic mass is 9.95. The van der Waals surface area contributed by atoms with Crippen molar-refractivity contribution >= 4 is 39.3 Å². The number of benzene rings is 2. The molecule has 0 saturated carbocycles. The van der Waals surface area contributed by atoms with Gasteiger partial charge in [-0.2, -0.15) is 11.8 Å². The van der Waals surface area contributed by atoms with Crippen LogP contribution >= 0.6 is 11.8 Å². The summed E-state index contributed by atoms with van der Waals surface area (Å²) in [5.74, 6) is 2.21. The average Bonchev–Trinajstić information content (AvgIpc) is 3.41. The molecule has 2 aliphatic heterocycles. The number of hydrogen-bond acceptors (Lipinski definition) is 4. The molecule has 1 amide bonds. The van der Waals surface area contributed by atoms with Gasteiger partial charge in [0.15, 0.2) is 0 Å². The molecule has 3 heterocycles. The van der Waals surface area contributed by atoms with Crippen molar-refractivity contribution < 1.29 is 9.53 Å². The highest BCUT2D eigenvalue weighted by Gasteiger charge is 2.40. The molecule has 1 aromatic heterocycles. The van der Waals surface area contributed by atoms with Crippen molar-refractivity contribution in [1.82, 2.24) is 15.2 Å². The third-order valence-electron chi connectivity index (χ3n) is 6.12. The van der Waals surface area contributed by atoms with Gasteiger partial charge in [-0.15, -0.1) is 0 Å². The number of amides is 1. The maximum absolute atomic E-state index is 12.9. The molecule has 0 spiro atoms. The summed E-state index contributed by atoms with van der Waals surface area (Å²) < 4.78 is 5.53. The zero-order chi connectivity index (χ0) is 19.0. The van der Waals surface area contributed by atoms with Crippen molar-refractivity contribution in [3.8, 4) is 0 Å². The third kappa shape index (κ3) is 3.19. The van der Waals surface area contributed by atoms with E-state index < -0.39 is 0 Å². The Morgan fingerprint density at radius 2 is 2.04 bits per heavy atom. The van der Waals surface area contributed by atoms with Crippen LogP contribution in [0.1, 0.15) is 16.9 Å². The van der Waals surface area contributed by atoms with Gasteiger partial charge in [-0.3, -0.25) is 9.69 Å². The number of rotatable bonds is 4. The van der Waals surface area contributed by atoms with E-state index in [9.17, 15) is 4.79 Å². The van der Waals surface area contributed by atoms with Crippen LogP contribution in [0.2, 0.25) is 0 Å². The summed E-state index contributed by atoms with van der Waals surface area (Å²) in [6.07, 6.45) is 1.12. The summed E-state index contributed by atoms with van der Waals surface area (Å²) in [7, 11) is 0. The zero-order valence-electron chi connectivity index (χ0n) is 15.9. The highest BCUT2D eigenvalue weighted by Crippen LogP contribution is 2.34. The molecule has 0 aliphatic carbocycles. The topological polar surface area (TPSA) is 57.4 Å². The van der Waals surface area contributed by atoms with E-state index in [1.807, 2.05) is 30.0 Å². The van der Waals surface area contributed by atoms with Gasteiger partial charge < -0.3 is 15.0 Å². The SMILES string of the molecule is O=C(NCC1(N2CCOCC2)CCSC1)c1cc2c(ccc3ccccc32)[nH]1. The maximum Gasteiger partial charge on any atom is 0.267 e. The molecule has 5 nitrogen and oxygen atoms in total. The molecule has 2 fully saturated rings. The summed E-state index contributed by atoms with van der Waals surface area (Å²) in [4.78, 5) is 18.8. The molecular formula is C22H25N3O2S. The van der Waals surface area contributed by atoms with E-state index in [2.05, 4.69) is 39.5 Å². The van der Waals surface area contributed by atoms with E-state index >= 15 is 0 Å². The molecule has 0 bridgehead atoms. The van der Waals surface area contributed by atoms with E-state index in [1.165, 1.54) is 10.8 Å². The summed E-state index contributed by atoms with van der Waals surface area (Å²) in [5.41, 5.74) is 1.69. The van der Waals surface area contributed by atoms with Crippen molar-refractivity contribution in [2.24, 2.45) is 0 Å². The van der Waals surface area contributed by atoms with Crippen molar-refractivity contribution in [2.75, 3.05) is 44.4 Å². The zero-order valence-corrected chi connectivity index (χ0v) is 16.7. The van der Waals surface area contributed by atoms with E-state index in [4.69, 9.17) is 4.74 Å². The van der Waals surface area contributed by atoms with E-state index in [0.717, 1.165) is 55.1 Å². The van der Waals surface area contributed by atoms with Crippen LogP contribution in [0.25, 0.3) is 21.7 Å². The van der Waals surface area contributed by atoms with E-state index in [1.54, 1.807) is 0 Å². The number of fused-ring (bicyclic) bond motifs is 3. The standard InChI is InChI=1S/C22H25N3O2S/c26-21(23-14-22(7-12-28-15-22)25-8-10-27-11-9-25)20-13-18-17-4-2-1-3-16(17)5-6-19(18)24-20/h1-6,13,24H,7-12,14-15H2,(H,23,26). The number of H-pyrrole nitrogens is 1. The summed E-state index contributed by atoms with van der Waals surface area (Å²) in [6.45, 7) is 4.17. The molecule has 1 atom stereocenters. The number of aromatic amines is 1. The maximum atomic E-state index is 12.9. The predicted octanol–water partition coefficient (Wildman–Crippen LogP) is 3.26. The molecule has 2 aliphatic rings. The Balaban J connectivity index is 1.37. The van der Waals surface area contributed by atoms with Crippen LogP contribution in [-0.4, -0.2) is 65.7 Å². The first-order valence-corrected chi connectivity index (χ1v) is 11.1.